The molecular formula is C11H19N3O. The van der Waals surface area contributed by atoms with E-state index in [1.165, 1.54) is 19.4 Å². The molecule has 2 heterocycles. The molecule has 0 saturated carbocycles. The van der Waals surface area contributed by atoms with E-state index in [-0.39, 0.29) is 6.61 Å². The topological polar surface area (TPSA) is 41.3 Å². The highest BCUT2D eigenvalue weighted by atomic mass is 16.3. The molecular weight excluding hydrogens is 190 g/mol. The summed E-state index contributed by atoms with van der Waals surface area (Å²) in [6.45, 7) is 1.27. The second-order valence-corrected chi connectivity index (χ2v) is 4.39. The van der Waals surface area contributed by atoms with Crippen molar-refractivity contribution >= 4 is 0 Å². The van der Waals surface area contributed by atoms with E-state index in [1.54, 1.807) is 4.68 Å². The smallest absolute Gasteiger partial charge is 0.0849 e. The van der Waals surface area contributed by atoms with E-state index >= 15 is 0 Å². The minimum atomic E-state index is 0.0734. The molecule has 4 nitrogen and oxygen atoms in total. The SMILES string of the molecule is CN1CCCC1Cc1cc(CO)n(C)n1. The van der Waals surface area contributed by atoms with Crippen LogP contribution in [0.4, 0.5) is 0 Å². The van der Waals surface area contributed by atoms with Gasteiger partial charge in [0.25, 0.3) is 0 Å². The Labute approximate surface area is 90.5 Å². The highest BCUT2D eigenvalue weighted by molar-refractivity contribution is 5.11. The molecule has 0 aliphatic carbocycles. The van der Waals surface area contributed by atoms with Crippen molar-refractivity contribution in [1.29, 1.82) is 0 Å². The van der Waals surface area contributed by atoms with Gasteiger partial charge in [0, 0.05) is 19.5 Å². The van der Waals surface area contributed by atoms with Crippen LogP contribution in [-0.4, -0.2) is 39.4 Å². The molecule has 1 N–H and O–H groups in total. The van der Waals surface area contributed by atoms with Gasteiger partial charge >= 0.3 is 0 Å². The third-order valence-corrected chi connectivity index (χ3v) is 3.31. The molecule has 4 heteroatoms. The summed E-state index contributed by atoms with van der Waals surface area (Å²) in [5.41, 5.74) is 1.99. The molecule has 1 aliphatic heterocycles. The molecule has 0 amide bonds. The normalized spacial score (nSPS) is 22.5. The van der Waals surface area contributed by atoms with Crippen molar-refractivity contribution in [2.75, 3.05) is 13.6 Å². The van der Waals surface area contributed by atoms with E-state index in [1.807, 2.05) is 13.1 Å². The lowest BCUT2D eigenvalue weighted by atomic mass is 10.1. The van der Waals surface area contributed by atoms with Crippen LogP contribution in [0.15, 0.2) is 6.07 Å². The first-order valence-electron chi connectivity index (χ1n) is 5.53. The van der Waals surface area contributed by atoms with Crippen molar-refractivity contribution in [1.82, 2.24) is 14.7 Å². The summed E-state index contributed by atoms with van der Waals surface area (Å²) in [4.78, 5) is 2.40. The van der Waals surface area contributed by atoms with Gasteiger partial charge in [-0.1, -0.05) is 0 Å². The largest absolute Gasteiger partial charge is 0.390 e. The lowest BCUT2D eigenvalue weighted by Gasteiger charge is -2.17. The number of aliphatic hydroxyl groups excluding tert-OH is 1. The van der Waals surface area contributed by atoms with Crippen molar-refractivity contribution in [3.63, 3.8) is 0 Å². The van der Waals surface area contributed by atoms with Crippen molar-refractivity contribution in [2.45, 2.75) is 31.9 Å². The lowest BCUT2D eigenvalue weighted by Crippen LogP contribution is -2.26. The van der Waals surface area contributed by atoms with E-state index in [0.29, 0.717) is 6.04 Å². The summed E-state index contributed by atoms with van der Waals surface area (Å²) in [6.07, 6.45) is 3.56. The average Bonchev–Trinajstić information content (AvgIpc) is 2.75. The number of rotatable bonds is 3. The van der Waals surface area contributed by atoms with Crippen molar-refractivity contribution < 1.29 is 5.11 Å². The molecule has 0 bridgehead atoms. The molecule has 84 valence electrons. The van der Waals surface area contributed by atoms with E-state index in [4.69, 9.17) is 5.11 Å². The van der Waals surface area contributed by atoms with Crippen LogP contribution in [0, 0.1) is 0 Å². The number of likely N-dealkylation sites (tertiary alicyclic amines) is 1. The number of aromatic nitrogens is 2. The summed E-state index contributed by atoms with van der Waals surface area (Å²) < 4.78 is 1.77. The average molecular weight is 209 g/mol. The minimum absolute atomic E-state index is 0.0734. The van der Waals surface area contributed by atoms with Crippen LogP contribution in [-0.2, 0) is 20.1 Å². The third-order valence-electron chi connectivity index (χ3n) is 3.31. The summed E-state index contributed by atoms with van der Waals surface area (Å²) in [6, 6.07) is 2.64. The number of likely N-dealkylation sites (N-methyl/N-ethyl adjacent to an activating group) is 1. The number of aryl methyl sites for hydroxylation is 1. The highest BCUT2D eigenvalue weighted by Crippen LogP contribution is 2.18. The fraction of sp³-hybridized carbons (Fsp3) is 0.727. The van der Waals surface area contributed by atoms with Gasteiger partial charge in [-0.2, -0.15) is 5.10 Å². The van der Waals surface area contributed by atoms with Crippen molar-refractivity contribution in [3.05, 3.63) is 17.5 Å². The van der Waals surface area contributed by atoms with Gasteiger partial charge in [-0.15, -0.1) is 0 Å². The zero-order valence-electron chi connectivity index (χ0n) is 9.48. The van der Waals surface area contributed by atoms with Crippen LogP contribution in [0.25, 0.3) is 0 Å². The Balaban J connectivity index is 2.04. The van der Waals surface area contributed by atoms with E-state index < -0.39 is 0 Å². The third kappa shape index (κ3) is 2.21. The van der Waals surface area contributed by atoms with Gasteiger partial charge in [0.15, 0.2) is 0 Å². The Morgan fingerprint density at radius 3 is 2.87 bits per heavy atom. The van der Waals surface area contributed by atoms with E-state index in [9.17, 15) is 0 Å². The molecule has 0 spiro atoms. The summed E-state index contributed by atoms with van der Waals surface area (Å²) in [7, 11) is 4.06. The van der Waals surface area contributed by atoms with Crippen molar-refractivity contribution in [2.24, 2.45) is 7.05 Å². The molecule has 15 heavy (non-hydrogen) atoms. The summed E-state index contributed by atoms with van der Waals surface area (Å²) in [5, 5.41) is 13.5. The first kappa shape index (κ1) is 10.6. The van der Waals surface area contributed by atoms with Crippen LogP contribution >= 0.6 is 0 Å². The van der Waals surface area contributed by atoms with Crippen molar-refractivity contribution in [3.8, 4) is 0 Å². The van der Waals surface area contributed by atoms with Gasteiger partial charge in [0.2, 0.25) is 0 Å². The highest BCUT2D eigenvalue weighted by Gasteiger charge is 2.22. The zero-order valence-corrected chi connectivity index (χ0v) is 9.48. The number of aliphatic hydroxyl groups is 1. The predicted molar refractivity (Wildman–Crippen MR) is 58.5 cm³/mol. The Morgan fingerprint density at radius 1 is 1.53 bits per heavy atom. The zero-order chi connectivity index (χ0) is 10.8. The maximum atomic E-state index is 9.07. The second kappa shape index (κ2) is 4.33. The maximum Gasteiger partial charge on any atom is 0.0849 e. The second-order valence-electron chi connectivity index (χ2n) is 4.39. The number of nitrogens with zero attached hydrogens (tertiary/aromatic N) is 3. The van der Waals surface area contributed by atoms with Crippen LogP contribution < -0.4 is 0 Å². The molecule has 1 aromatic heterocycles. The molecule has 1 saturated heterocycles. The Hall–Kier alpha value is -0.870. The minimum Gasteiger partial charge on any atom is -0.390 e. The fourth-order valence-corrected chi connectivity index (χ4v) is 2.30. The molecule has 1 unspecified atom stereocenters. The maximum absolute atomic E-state index is 9.07. The molecule has 0 radical (unpaired) electrons. The van der Waals surface area contributed by atoms with Gasteiger partial charge in [0.05, 0.1) is 18.0 Å². The fourth-order valence-electron chi connectivity index (χ4n) is 2.30. The van der Waals surface area contributed by atoms with Gasteiger partial charge < -0.3 is 10.0 Å². The lowest BCUT2D eigenvalue weighted by molar-refractivity contribution is 0.270. The number of hydrogen-bond donors (Lipinski definition) is 1. The number of hydrogen-bond acceptors (Lipinski definition) is 3. The van der Waals surface area contributed by atoms with Gasteiger partial charge in [0.1, 0.15) is 0 Å². The van der Waals surface area contributed by atoms with E-state index in [2.05, 4.69) is 17.0 Å². The first-order valence-corrected chi connectivity index (χ1v) is 5.53. The Morgan fingerprint density at radius 2 is 2.33 bits per heavy atom. The van der Waals surface area contributed by atoms with Crippen LogP contribution in [0.1, 0.15) is 24.2 Å². The van der Waals surface area contributed by atoms with Crippen LogP contribution in [0.3, 0.4) is 0 Å². The summed E-state index contributed by atoms with van der Waals surface area (Å²) >= 11 is 0. The molecule has 1 aromatic rings. The molecule has 1 aliphatic rings. The first-order chi connectivity index (χ1) is 7.20. The predicted octanol–water partition coefficient (Wildman–Crippen LogP) is 0.549. The molecule has 1 fully saturated rings. The van der Waals surface area contributed by atoms with Crippen LogP contribution in [0.2, 0.25) is 0 Å². The van der Waals surface area contributed by atoms with Gasteiger partial charge in [-0.25, -0.2) is 0 Å². The van der Waals surface area contributed by atoms with Gasteiger partial charge in [-0.05, 0) is 32.5 Å². The quantitative estimate of drug-likeness (QED) is 0.790. The standard InChI is InChI=1S/C11H19N3O/c1-13-5-3-4-10(13)6-9-7-11(8-15)14(2)12-9/h7,10,15H,3-6,8H2,1-2H3. The Bertz CT molecular complexity index is 335. The molecule has 0 aromatic carbocycles. The summed E-state index contributed by atoms with van der Waals surface area (Å²) in [5.74, 6) is 0. The van der Waals surface area contributed by atoms with Crippen LogP contribution in [0.5, 0.6) is 0 Å². The molecule has 2 rings (SSSR count). The van der Waals surface area contributed by atoms with E-state index in [0.717, 1.165) is 17.8 Å². The Kier molecular flexibility index (Phi) is 3.07. The monoisotopic (exact) mass is 209 g/mol. The van der Waals surface area contributed by atoms with Gasteiger partial charge in [-0.3, -0.25) is 4.68 Å². The molecule has 1 atom stereocenters.